The van der Waals surface area contributed by atoms with Gasteiger partial charge in [-0.25, -0.2) is 0 Å². The van der Waals surface area contributed by atoms with E-state index in [-0.39, 0.29) is 5.78 Å². The van der Waals surface area contributed by atoms with E-state index in [1.54, 1.807) is 6.07 Å². The second kappa shape index (κ2) is 6.00. The van der Waals surface area contributed by atoms with Crippen LogP contribution in [0.5, 0.6) is 0 Å². The highest BCUT2D eigenvalue weighted by molar-refractivity contribution is 9.10. The molecule has 2 rings (SSSR count). The molecule has 0 radical (unpaired) electrons. The average molecular weight is 388 g/mol. The second-order valence-corrected chi connectivity index (χ2v) is 5.90. The van der Waals surface area contributed by atoms with Gasteiger partial charge < -0.3 is 0 Å². The zero-order valence-electron chi connectivity index (χ0n) is 9.29. The Morgan fingerprint density at radius 3 is 2.33 bits per heavy atom. The van der Waals surface area contributed by atoms with Crippen LogP contribution < -0.4 is 0 Å². The van der Waals surface area contributed by atoms with Crippen LogP contribution in [0.15, 0.2) is 51.4 Å². The summed E-state index contributed by atoms with van der Waals surface area (Å²) in [6.07, 6.45) is 0.323. The van der Waals surface area contributed by atoms with E-state index < -0.39 is 0 Å². The van der Waals surface area contributed by atoms with Crippen LogP contribution in [0.25, 0.3) is 0 Å². The fraction of sp³-hybridized carbons (Fsp3) is 0.0714. The molecule has 0 saturated carbocycles. The van der Waals surface area contributed by atoms with Crippen LogP contribution in [-0.2, 0) is 6.42 Å². The largest absolute Gasteiger partial charge is 0.294 e. The van der Waals surface area contributed by atoms with Gasteiger partial charge in [-0.05, 0) is 39.7 Å². The molecule has 18 heavy (non-hydrogen) atoms. The van der Waals surface area contributed by atoms with E-state index in [9.17, 15) is 4.79 Å². The van der Waals surface area contributed by atoms with Crippen molar-refractivity contribution in [1.29, 1.82) is 0 Å². The fourth-order valence-corrected chi connectivity index (χ4v) is 3.07. The molecule has 0 aromatic heterocycles. The van der Waals surface area contributed by atoms with E-state index in [0.717, 1.165) is 14.5 Å². The van der Waals surface area contributed by atoms with Crippen molar-refractivity contribution in [3.63, 3.8) is 0 Å². The van der Waals surface area contributed by atoms with Crippen LogP contribution in [0.3, 0.4) is 0 Å². The van der Waals surface area contributed by atoms with Crippen LogP contribution in [0.1, 0.15) is 15.9 Å². The number of carbonyl (C=O) groups excluding carboxylic acids is 1. The highest BCUT2D eigenvalue weighted by Gasteiger charge is 2.15. The Hall–Kier alpha value is -0.640. The number of ketones is 1. The van der Waals surface area contributed by atoms with Gasteiger partial charge in [0.05, 0.1) is 10.6 Å². The first-order valence-electron chi connectivity index (χ1n) is 5.30. The van der Waals surface area contributed by atoms with Crippen molar-refractivity contribution >= 4 is 49.2 Å². The van der Waals surface area contributed by atoms with Gasteiger partial charge in [0.15, 0.2) is 5.78 Å². The summed E-state index contributed by atoms with van der Waals surface area (Å²) in [5, 5.41) is 0.474. The van der Waals surface area contributed by atoms with Gasteiger partial charge in [-0.3, -0.25) is 4.79 Å². The summed E-state index contributed by atoms with van der Waals surface area (Å²) in [6, 6.07) is 13.0. The molecule has 0 fully saturated rings. The van der Waals surface area contributed by atoms with Gasteiger partial charge in [-0.1, -0.05) is 51.8 Å². The summed E-state index contributed by atoms with van der Waals surface area (Å²) >= 11 is 12.9. The number of halogens is 3. The summed E-state index contributed by atoms with van der Waals surface area (Å²) in [4.78, 5) is 12.3. The van der Waals surface area contributed by atoms with Gasteiger partial charge in [0.2, 0.25) is 0 Å². The number of benzene rings is 2. The first-order valence-corrected chi connectivity index (χ1v) is 7.26. The van der Waals surface area contributed by atoms with E-state index in [1.807, 2.05) is 36.4 Å². The quantitative estimate of drug-likeness (QED) is 0.653. The van der Waals surface area contributed by atoms with Gasteiger partial charge in [-0.2, -0.15) is 0 Å². The lowest BCUT2D eigenvalue weighted by Gasteiger charge is -2.07. The number of carbonyl (C=O) groups is 1. The molecular formula is C14H9Br2ClO. The zero-order chi connectivity index (χ0) is 13.1. The molecule has 0 spiro atoms. The van der Waals surface area contributed by atoms with Gasteiger partial charge in [0, 0.05) is 15.4 Å². The maximum atomic E-state index is 12.3. The molecule has 0 bridgehead atoms. The van der Waals surface area contributed by atoms with Crippen molar-refractivity contribution in [2.24, 2.45) is 0 Å². The van der Waals surface area contributed by atoms with Crippen molar-refractivity contribution < 1.29 is 4.79 Å². The third-order valence-electron chi connectivity index (χ3n) is 2.55. The minimum absolute atomic E-state index is 0.000579. The second-order valence-electron chi connectivity index (χ2n) is 3.79. The van der Waals surface area contributed by atoms with Gasteiger partial charge in [-0.15, -0.1) is 0 Å². The van der Waals surface area contributed by atoms with Crippen molar-refractivity contribution in [3.8, 4) is 0 Å². The van der Waals surface area contributed by atoms with Crippen LogP contribution >= 0.6 is 43.5 Å². The Morgan fingerprint density at radius 2 is 1.67 bits per heavy atom. The lowest BCUT2D eigenvalue weighted by Crippen LogP contribution is -2.05. The Balaban J connectivity index is 2.31. The molecule has 2 aromatic carbocycles. The SMILES string of the molecule is O=C(Cc1ccccc1Br)c1c(Cl)cccc1Br. The van der Waals surface area contributed by atoms with Crippen LogP contribution in [0.2, 0.25) is 5.02 Å². The summed E-state index contributed by atoms with van der Waals surface area (Å²) < 4.78 is 1.66. The Kier molecular flexibility index (Phi) is 4.60. The van der Waals surface area contributed by atoms with Crippen molar-refractivity contribution in [1.82, 2.24) is 0 Å². The minimum atomic E-state index is -0.000579. The highest BCUT2D eigenvalue weighted by Crippen LogP contribution is 2.27. The molecular weight excluding hydrogens is 379 g/mol. The maximum Gasteiger partial charge on any atom is 0.169 e. The predicted octanol–water partition coefficient (Wildman–Crippen LogP) is 5.29. The third kappa shape index (κ3) is 3.02. The summed E-state index contributed by atoms with van der Waals surface area (Å²) in [6.45, 7) is 0. The van der Waals surface area contributed by atoms with Crippen LogP contribution in [-0.4, -0.2) is 5.78 Å². The first kappa shape index (κ1) is 13.8. The van der Waals surface area contributed by atoms with E-state index in [0.29, 0.717) is 17.0 Å². The monoisotopic (exact) mass is 386 g/mol. The number of hydrogen-bond acceptors (Lipinski definition) is 1. The molecule has 0 aliphatic heterocycles. The molecule has 0 aliphatic carbocycles. The molecule has 0 N–H and O–H groups in total. The van der Waals surface area contributed by atoms with E-state index >= 15 is 0 Å². The van der Waals surface area contributed by atoms with Crippen LogP contribution in [0, 0.1) is 0 Å². The molecule has 0 atom stereocenters. The first-order chi connectivity index (χ1) is 8.59. The highest BCUT2D eigenvalue weighted by atomic mass is 79.9. The lowest BCUT2D eigenvalue weighted by atomic mass is 10.0. The maximum absolute atomic E-state index is 12.3. The van der Waals surface area contributed by atoms with Crippen LogP contribution in [0.4, 0.5) is 0 Å². The number of Topliss-reactive ketones (excluding diaryl/α,β-unsaturated/α-hetero) is 1. The molecule has 1 nitrogen and oxygen atoms in total. The van der Waals surface area contributed by atoms with Crippen molar-refractivity contribution in [2.45, 2.75) is 6.42 Å². The zero-order valence-corrected chi connectivity index (χ0v) is 13.2. The standard InChI is InChI=1S/C14H9Br2ClO/c15-10-5-2-1-4-9(10)8-13(18)14-11(16)6-3-7-12(14)17/h1-7H,8H2. The average Bonchev–Trinajstić information content (AvgIpc) is 2.32. The van der Waals surface area contributed by atoms with Gasteiger partial charge >= 0.3 is 0 Å². The Bertz CT molecular complexity index is 576. The van der Waals surface area contributed by atoms with Gasteiger partial charge in [0.25, 0.3) is 0 Å². The summed E-state index contributed by atoms with van der Waals surface area (Å²) in [5.41, 5.74) is 1.49. The Labute approximate surface area is 127 Å². The topological polar surface area (TPSA) is 17.1 Å². The normalized spacial score (nSPS) is 10.4. The molecule has 4 heteroatoms. The number of hydrogen-bond donors (Lipinski definition) is 0. The Morgan fingerprint density at radius 1 is 1.00 bits per heavy atom. The molecule has 2 aromatic rings. The van der Waals surface area contributed by atoms with E-state index in [2.05, 4.69) is 31.9 Å². The molecule has 0 saturated heterocycles. The third-order valence-corrected chi connectivity index (χ3v) is 4.30. The summed E-state index contributed by atoms with van der Waals surface area (Å²) in [5.74, 6) is -0.000579. The fourth-order valence-electron chi connectivity index (χ4n) is 1.67. The summed E-state index contributed by atoms with van der Waals surface area (Å²) in [7, 11) is 0. The predicted molar refractivity (Wildman–Crippen MR) is 81.3 cm³/mol. The smallest absolute Gasteiger partial charge is 0.169 e. The van der Waals surface area contributed by atoms with Crippen molar-refractivity contribution in [3.05, 3.63) is 67.6 Å². The molecule has 0 unspecified atom stereocenters. The lowest BCUT2D eigenvalue weighted by molar-refractivity contribution is 0.0992. The molecule has 0 aliphatic rings. The molecule has 0 amide bonds. The van der Waals surface area contributed by atoms with Crippen molar-refractivity contribution in [2.75, 3.05) is 0 Å². The molecule has 0 heterocycles. The van der Waals surface area contributed by atoms with E-state index in [1.165, 1.54) is 0 Å². The minimum Gasteiger partial charge on any atom is -0.294 e. The molecule has 92 valence electrons. The van der Waals surface area contributed by atoms with E-state index in [4.69, 9.17) is 11.6 Å². The number of rotatable bonds is 3. The van der Waals surface area contributed by atoms with Gasteiger partial charge in [0.1, 0.15) is 0 Å².